The summed E-state index contributed by atoms with van der Waals surface area (Å²) < 4.78 is 6.91. The van der Waals surface area contributed by atoms with Crippen molar-refractivity contribution in [1.82, 2.24) is 9.78 Å². The van der Waals surface area contributed by atoms with Gasteiger partial charge in [0.15, 0.2) is 0 Å². The number of rotatable bonds is 4. The molecule has 0 saturated carbocycles. The Morgan fingerprint density at radius 2 is 1.92 bits per heavy atom. The molecule has 0 saturated heterocycles. The van der Waals surface area contributed by atoms with E-state index in [2.05, 4.69) is 5.10 Å². The summed E-state index contributed by atoms with van der Waals surface area (Å²) in [6, 6.07) is 11.6. The number of hydrogen-bond donors (Lipinski definition) is 1. The molecule has 0 fully saturated rings. The van der Waals surface area contributed by atoms with Gasteiger partial charge in [0.05, 0.1) is 11.5 Å². The molecule has 0 amide bonds. The van der Waals surface area contributed by atoms with Gasteiger partial charge in [-0.3, -0.25) is 4.68 Å². The van der Waals surface area contributed by atoms with Gasteiger partial charge in [-0.1, -0.05) is 44.2 Å². The number of nitrogen functional groups attached to an aromatic ring is 1. The summed E-state index contributed by atoms with van der Waals surface area (Å²) in [5.74, 6) is -0.401. The number of carbonyl (C=O) groups is 1. The predicted octanol–water partition coefficient (Wildman–Crippen LogP) is 4.60. The molecular weight excluding hydrogens is 334 g/mol. The molecule has 0 atom stereocenters. The van der Waals surface area contributed by atoms with Gasteiger partial charge in [-0.2, -0.15) is 5.10 Å². The second-order valence-electron chi connectivity index (χ2n) is 5.01. The third-order valence-corrected chi connectivity index (χ3v) is 4.47. The Labute approximate surface area is 152 Å². The molecule has 6 heteroatoms. The fourth-order valence-corrected chi connectivity index (χ4v) is 3.49. The highest BCUT2D eigenvalue weighted by molar-refractivity contribution is 7.20. The Morgan fingerprint density at radius 1 is 1.24 bits per heavy atom. The minimum absolute atomic E-state index is 0.307. The van der Waals surface area contributed by atoms with Crippen molar-refractivity contribution in [3.8, 4) is 21.7 Å². The van der Waals surface area contributed by atoms with E-state index < -0.39 is 5.97 Å². The van der Waals surface area contributed by atoms with Crippen LogP contribution in [0.2, 0.25) is 0 Å². The summed E-state index contributed by atoms with van der Waals surface area (Å²) >= 11 is 1.36. The molecule has 0 aliphatic rings. The SMILES string of the molecule is CC.CCOC(=O)c1c(N)sc(-c2ccn(C)n2)c1-c1ccccc1. The molecule has 0 aliphatic carbocycles. The number of thiophene rings is 1. The van der Waals surface area contributed by atoms with Crippen LogP contribution < -0.4 is 5.73 Å². The number of anilines is 1. The summed E-state index contributed by atoms with van der Waals surface area (Å²) in [7, 11) is 1.86. The minimum Gasteiger partial charge on any atom is -0.462 e. The lowest BCUT2D eigenvalue weighted by atomic mass is 10.00. The molecule has 0 bridgehead atoms. The molecule has 2 aromatic heterocycles. The van der Waals surface area contributed by atoms with Crippen LogP contribution in [0.15, 0.2) is 42.6 Å². The number of aromatic nitrogens is 2. The summed E-state index contributed by atoms with van der Waals surface area (Å²) in [6.45, 7) is 6.09. The fraction of sp³-hybridized carbons (Fsp3) is 0.263. The predicted molar refractivity (Wildman–Crippen MR) is 104 cm³/mol. The summed E-state index contributed by atoms with van der Waals surface area (Å²) in [4.78, 5) is 13.3. The Balaban J connectivity index is 0.00000109. The molecule has 1 aromatic carbocycles. The van der Waals surface area contributed by atoms with Crippen molar-refractivity contribution in [2.75, 3.05) is 12.3 Å². The van der Waals surface area contributed by atoms with E-state index in [-0.39, 0.29) is 0 Å². The van der Waals surface area contributed by atoms with E-state index in [4.69, 9.17) is 10.5 Å². The molecular formula is C19H23N3O2S. The van der Waals surface area contributed by atoms with Crippen LogP contribution in [0.25, 0.3) is 21.7 Å². The maximum absolute atomic E-state index is 12.4. The molecule has 0 spiro atoms. The van der Waals surface area contributed by atoms with Crippen molar-refractivity contribution >= 4 is 22.3 Å². The lowest BCUT2D eigenvalue weighted by molar-refractivity contribution is 0.0529. The quantitative estimate of drug-likeness (QED) is 0.693. The summed E-state index contributed by atoms with van der Waals surface area (Å²) in [6.07, 6.45) is 1.87. The van der Waals surface area contributed by atoms with Crippen molar-refractivity contribution in [1.29, 1.82) is 0 Å². The minimum atomic E-state index is -0.401. The zero-order chi connectivity index (χ0) is 18.4. The van der Waals surface area contributed by atoms with Crippen molar-refractivity contribution in [2.45, 2.75) is 20.8 Å². The number of aryl methyl sites for hydroxylation is 1. The number of hydrogen-bond acceptors (Lipinski definition) is 5. The maximum atomic E-state index is 12.4. The first-order valence-corrected chi connectivity index (χ1v) is 9.08. The van der Waals surface area contributed by atoms with Gasteiger partial charge in [-0.15, -0.1) is 11.3 Å². The molecule has 2 N–H and O–H groups in total. The van der Waals surface area contributed by atoms with Crippen LogP contribution in [-0.2, 0) is 11.8 Å². The van der Waals surface area contributed by atoms with Crippen LogP contribution in [0.3, 0.4) is 0 Å². The van der Waals surface area contributed by atoms with Crippen molar-refractivity contribution < 1.29 is 9.53 Å². The lowest BCUT2D eigenvalue weighted by Gasteiger charge is -2.07. The molecule has 5 nitrogen and oxygen atoms in total. The van der Waals surface area contributed by atoms with Crippen LogP contribution in [0.4, 0.5) is 5.00 Å². The third-order valence-electron chi connectivity index (χ3n) is 3.42. The van der Waals surface area contributed by atoms with E-state index >= 15 is 0 Å². The van der Waals surface area contributed by atoms with Gasteiger partial charge in [0, 0.05) is 18.8 Å². The highest BCUT2D eigenvalue weighted by Crippen LogP contribution is 2.44. The third kappa shape index (κ3) is 3.91. The molecule has 2 heterocycles. The largest absolute Gasteiger partial charge is 0.462 e. The van der Waals surface area contributed by atoms with Crippen LogP contribution >= 0.6 is 11.3 Å². The van der Waals surface area contributed by atoms with Crippen molar-refractivity contribution in [3.05, 3.63) is 48.2 Å². The summed E-state index contributed by atoms with van der Waals surface area (Å²) in [5, 5.41) is 4.89. The van der Waals surface area contributed by atoms with Crippen LogP contribution in [0.1, 0.15) is 31.1 Å². The normalized spacial score (nSPS) is 10.1. The second kappa shape index (κ2) is 8.48. The van der Waals surface area contributed by atoms with Gasteiger partial charge >= 0.3 is 5.97 Å². The average Bonchev–Trinajstić information content (AvgIpc) is 3.21. The molecule has 3 rings (SSSR count). The van der Waals surface area contributed by atoms with E-state index in [9.17, 15) is 4.79 Å². The zero-order valence-corrected chi connectivity index (χ0v) is 15.8. The van der Waals surface area contributed by atoms with Gasteiger partial charge in [-0.05, 0) is 18.6 Å². The average molecular weight is 357 g/mol. The highest BCUT2D eigenvalue weighted by atomic mass is 32.1. The number of esters is 1. The fourth-order valence-electron chi connectivity index (χ4n) is 2.45. The Morgan fingerprint density at radius 3 is 2.48 bits per heavy atom. The molecule has 0 radical (unpaired) electrons. The van der Waals surface area contributed by atoms with E-state index in [1.807, 2.05) is 63.5 Å². The lowest BCUT2D eigenvalue weighted by Crippen LogP contribution is -2.07. The topological polar surface area (TPSA) is 70.1 Å². The van der Waals surface area contributed by atoms with E-state index in [0.29, 0.717) is 17.2 Å². The zero-order valence-electron chi connectivity index (χ0n) is 14.9. The van der Waals surface area contributed by atoms with Gasteiger partial charge in [0.25, 0.3) is 0 Å². The molecule has 0 unspecified atom stereocenters. The van der Waals surface area contributed by atoms with E-state index in [1.54, 1.807) is 11.6 Å². The Kier molecular flexibility index (Phi) is 6.36. The molecule has 3 aromatic rings. The van der Waals surface area contributed by atoms with E-state index in [0.717, 1.165) is 21.7 Å². The van der Waals surface area contributed by atoms with Gasteiger partial charge in [0.1, 0.15) is 16.3 Å². The first-order valence-electron chi connectivity index (χ1n) is 8.26. The number of ether oxygens (including phenoxy) is 1. The van der Waals surface area contributed by atoms with Crippen molar-refractivity contribution in [3.63, 3.8) is 0 Å². The molecule has 25 heavy (non-hydrogen) atoms. The van der Waals surface area contributed by atoms with Gasteiger partial charge in [-0.25, -0.2) is 4.79 Å². The monoisotopic (exact) mass is 357 g/mol. The Bertz CT molecular complexity index is 838. The summed E-state index contributed by atoms with van der Waals surface area (Å²) in [5.41, 5.74) is 9.05. The molecule has 132 valence electrons. The highest BCUT2D eigenvalue weighted by Gasteiger charge is 2.26. The smallest absolute Gasteiger partial charge is 0.341 e. The first-order chi connectivity index (χ1) is 12.1. The van der Waals surface area contributed by atoms with Crippen LogP contribution in [0, 0.1) is 0 Å². The number of benzene rings is 1. The van der Waals surface area contributed by atoms with Crippen LogP contribution in [0.5, 0.6) is 0 Å². The maximum Gasteiger partial charge on any atom is 0.341 e. The number of nitrogens with zero attached hydrogens (tertiary/aromatic N) is 2. The standard InChI is InChI=1S/C17H17N3O2S.C2H6/c1-3-22-17(21)14-13(11-7-5-4-6-8-11)15(23-16(14)18)12-9-10-20(2)19-12;1-2/h4-10H,3,18H2,1-2H3;1-2H3. The first kappa shape index (κ1) is 18.7. The Hall–Kier alpha value is -2.60. The van der Waals surface area contributed by atoms with Gasteiger partial charge < -0.3 is 10.5 Å². The number of carbonyl (C=O) groups excluding carboxylic acids is 1. The van der Waals surface area contributed by atoms with E-state index in [1.165, 1.54) is 11.3 Å². The molecule has 0 aliphatic heterocycles. The number of nitrogens with two attached hydrogens (primary N) is 1. The second-order valence-corrected chi connectivity index (χ2v) is 6.06. The van der Waals surface area contributed by atoms with Crippen molar-refractivity contribution in [2.24, 2.45) is 7.05 Å². The van der Waals surface area contributed by atoms with Gasteiger partial charge in [0.2, 0.25) is 0 Å². The van der Waals surface area contributed by atoms with Crippen LogP contribution in [-0.4, -0.2) is 22.4 Å².